The minimum atomic E-state index is -0.515. The molecule has 3 rings (SSSR count). The van der Waals surface area contributed by atoms with Gasteiger partial charge in [-0.15, -0.1) is 0 Å². The highest BCUT2D eigenvalue weighted by molar-refractivity contribution is 5.89. The Morgan fingerprint density at radius 3 is 2.52 bits per heavy atom. The number of rotatable bonds is 10. The van der Waals surface area contributed by atoms with Gasteiger partial charge in [0.15, 0.2) is 17.0 Å². The van der Waals surface area contributed by atoms with Crippen LogP contribution in [-0.2, 0) is 31.0 Å². The van der Waals surface area contributed by atoms with Crippen LogP contribution in [0.15, 0.2) is 20.2 Å². The van der Waals surface area contributed by atoms with Crippen LogP contribution in [0.4, 0.5) is 5.82 Å². The molecule has 11 heteroatoms. The first-order valence-electron chi connectivity index (χ1n) is 10.5. The minimum absolute atomic E-state index is 0.0882. The smallest absolute Gasteiger partial charge is 0.332 e. The van der Waals surface area contributed by atoms with Crippen LogP contribution in [0.3, 0.4) is 0 Å². The summed E-state index contributed by atoms with van der Waals surface area (Å²) in [6.45, 7) is 6.11. The Morgan fingerprint density at radius 2 is 1.90 bits per heavy atom. The van der Waals surface area contributed by atoms with Crippen LogP contribution in [0.5, 0.6) is 0 Å². The first-order chi connectivity index (χ1) is 14.9. The Hall–Kier alpha value is -3.21. The van der Waals surface area contributed by atoms with E-state index in [1.807, 2.05) is 13.8 Å². The number of carbonyl (C=O) groups is 1. The molecule has 168 valence electrons. The van der Waals surface area contributed by atoms with Gasteiger partial charge in [-0.2, -0.15) is 0 Å². The second-order valence-electron chi connectivity index (χ2n) is 7.38. The lowest BCUT2D eigenvalue weighted by molar-refractivity contribution is -0.116. The Bertz CT molecular complexity index is 1190. The average molecular weight is 432 g/mol. The number of nitrogens with one attached hydrogen (secondary N) is 1. The van der Waals surface area contributed by atoms with Crippen molar-refractivity contribution in [3.63, 3.8) is 0 Å². The molecule has 0 aliphatic carbocycles. The highest BCUT2D eigenvalue weighted by atomic mass is 16.5. The van der Waals surface area contributed by atoms with Crippen LogP contribution in [0.2, 0.25) is 0 Å². The third-order valence-electron chi connectivity index (χ3n) is 4.98. The van der Waals surface area contributed by atoms with E-state index in [0.717, 1.165) is 23.8 Å². The zero-order valence-electron chi connectivity index (χ0n) is 18.1. The van der Waals surface area contributed by atoms with E-state index in [1.54, 1.807) is 17.6 Å². The molecular formula is C20H28N6O5. The van der Waals surface area contributed by atoms with Crippen molar-refractivity contribution in [1.82, 2.24) is 23.8 Å². The van der Waals surface area contributed by atoms with Crippen LogP contribution in [0, 0.1) is 6.92 Å². The molecule has 3 aromatic heterocycles. The number of aromatic nitrogens is 5. The summed E-state index contributed by atoms with van der Waals surface area (Å²) in [5.74, 6) is 0.785. The number of imidazole rings is 1. The molecule has 0 saturated heterocycles. The van der Waals surface area contributed by atoms with Crippen molar-refractivity contribution in [2.24, 2.45) is 0 Å². The normalized spacial score (nSPS) is 11.4. The maximum Gasteiger partial charge on any atom is 0.332 e. The number of nitrogens with zero attached hydrogens (tertiary/aromatic N) is 5. The summed E-state index contributed by atoms with van der Waals surface area (Å²) in [6, 6.07) is 1.58. The topological polar surface area (TPSA) is 137 Å². The van der Waals surface area contributed by atoms with Crippen molar-refractivity contribution in [3.05, 3.63) is 38.5 Å². The van der Waals surface area contributed by atoms with Crippen molar-refractivity contribution in [2.45, 2.75) is 72.7 Å². The first kappa shape index (κ1) is 22.5. The molecule has 0 atom stereocenters. The van der Waals surface area contributed by atoms with Crippen molar-refractivity contribution in [3.8, 4) is 0 Å². The summed E-state index contributed by atoms with van der Waals surface area (Å²) in [6.07, 6.45) is 2.23. The predicted octanol–water partition coefficient (Wildman–Crippen LogP) is 1.39. The van der Waals surface area contributed by atoms with Gasteiger partial charge in [-0.1, -0.05) is 25.4 Å². The number of anilines is 1. The summed E-state index contributed by atoms with van der Waals surface area (Å²) >= 11 is 0. The molecule has 0 aliphatic heterocycles. The van der Waals surface area contributed by atoms with E-state index in [-0.39, 0.29) is 36.6 Å². The molecule has 0 spiro atoms. The fourth-order valence-electron chi connectivity index (χ4n) is 3.48. The number of aliphatic hydroxyl groups is 1. The molecule has 0 fully saturated rings. The Kier molecular flexibility index (Phi) is 7.06. The molecule has 0 saturated carbocycles. The number of aryl methyl sites for hydroxylation is 3. The molecule has 0 radical (unpaired) electrons. The fourth-order valence-corrected chi connectivity index (χ4v) is 3.48. The Morgan fingerprint density at radius 1 is 1.13 bits per heavy atom. The SMILES string of the molecule is CCCCn1c(=O)n(CCC(=O)Nc2cc(C)on2)c(=O)c2c1nc(CO)n2CCC. The zero-order valence-corrected chi connectivity index (χ0v) is 18.1. The highest BCUT2D eigenvalue weighted by Gasteiger charge is 2.21. The van der Waals surface area contributed by atoms with E-state index < -0.39 is 17.2 Å². The van der Waals surface area contributed by atoms with Crippen molar-refractivity contribution < 1.29 is 14.4 Å². The standard InChI is InChI=1S/C20H28N6O5/c1-4-6-9-25-18-17(24(8-5-2)15(12-27)22-18)19(29)26(20(25)30)10-7-16(28)21-14-11-13(3)31-23-14/h11,27H,4-10,12H2,1-3H3,(H,21,23,28). The largest absolute Gasteiger partial charge is 0.388 e. The van der Waals surface area contributed by atoms with Crippen molar-refractivity contribution in [2.75, 3.05) is 5.32 Å². The minimum Gasteiger partial charge on any atom is -0.388 e. The lowest BCUT2D eigenvalue weighted by Gasteiger charge is -2.12. The zero-order chi connectivity index (χ0) is 22.5. The lowest BCUT2D eigenvalue weighted by Crippen LogP contribution is -2.41. The molecule has 3 aromatic rings. The highest BCUT2D eigenvalue weighted by Crippen LogP contribution is 2.14. The lowest BCUT2D eigenvalue weighted by atomic mass is 10.3. The van der Waals surface area contributed by atoms with Gasteiger partial charge in [0, 0.05) is 32.1 Å². The monoisotopic (exact) mass is 432 g/mol. The summed E-state index contributed by atoms with van der Waals surface area (Å²) in [5, 5.41) is 16.0. The van der Waals surface area contributed by atoms with Gasteiger partial charge in [-0.25, -0.2) is 9.78 Å². The van der Waals surface area contributed by atoms with E-state index in [0.29, 0.717) is 24.7 Å². The van der Waals surface area contributed by atoms with Gasteiger partial charge in [-0.05, 0) is 19.8 Å². The average Bonchev–Trinajstić information content (AvgIpc) is 3.31. The van der Waals surface area contributed by atoms with Gasteiger partial charge >= 0.3 is 5.69 Å². The van der Waals surface area contributed by atoms with Gasteiger partial charge in [0.05, 0.1) is 0 Å². The van der Waals surface area contributed by atoms with Gasteiger partial charge in [0.2, 0.25) is 5.91 Å². The second kappa shape index (κ2) is 9.73. The molecule has 0 aliphatic rings. The number of unbranched alkanes of at least 4 members (excludes halogenated alkanes) is 1. The molecule has 0 unspecified atom stereocenters. The van der Waals surface area contributed by atoms with Gasteiger partial charge in [-0.3, -0.25) is 18.7 Å². The molecular weight excluding hydrogens is 404 g/mol. The summed E-state index contributed by atoms with van der Waals surface area (Å²) in [5.41, 5.74) is -0.478. The van der Waals surface area contributed by atoms with Gasteiger partial charge in [0.1, 0.15) is 18.2 Å². The van der Waals surface area contributed by atoms with Gasteiger partial charge in [0.25, 0.3) is 5.56 Å². The third-order valence-corrected chi connectivity index (χ3v) is 4.98. The van der Waals surface area contributed by atoms with Crippen molar-refractivity contribution >= 4 is 22.9 Å². The third kappa shape index (κ3) is 4.61. The second-order valence-corrected chi connectivity index (χ2v) is 7.38. The van der Waals surface area contributed by atoms with Crippen LogP contribution < -0.4 is 16.6 Å². The molecule has 1 amide bonds. The first-order valence-corrected chi connectivity index (χ1v) is 10.5. The number of fused-ring (bicyclic) bond motifs is 1. The quantitative estimate of drug-likeness (QED) is 0.494. The van der Waals surface area contributed by atoms with E-state index in [1.165, 1.54) is 4.57 Å². The van der Waals surface area contributed by atoms with Crippen molar-refractivity contribution in [1.29, 1.82) is 0 Å². The molecule has 3 heterocycles. The van der Waals surface area contributed by atoms with Crippen LogP contribution >= 0.6 is 0 Å². The Balaban J connectivity index is 2.01. The fraction of sp³-hybridized carbons (Fsp3) is 0.550. The van der Waals surface area contributed by atoms with E-state index in [9.17, 15) is 19.5 Å². The predicted molar refractivity (Wildman–Crippen MR) is 114 cm³/mol. The number of amides is 1. The number of hydrogen-bond donors (Lipinski definition) is 2. The summed E-state index contributed by atoms with van der Waals surface area (Å²) < 4.78 is 9.11. The van der Waals surface area contributed by atoms with Crippen LogP contribution in [0.1, 0.15) is 51.1 Å². The Labute approximate surface area is 178 Å². The molecule has 31 heavy (non-hydrogen) atoms. The summed E-state index contributed by atoms with van der Waals surface area (Å²) in [4.78, 5) is 43.0. The van der Waals surface area contributed by atoms with Crippen LogP contribution in [-0.4, -0.2) is 34.9 Å². The molecule has 0 aromatic carbocycles. The van der Waals surface area contributed by atoms with Crippen LogP contribution in [0.25, 0.3) is 11.2 Å². The number of aliphatic hydroxyl groups excluding tert-OH is 1. The maximum atomic E-state index is 13.2. The summed E-state index contributed by atoms with van der Waals surface area (Å²) in [7, 11) is 0. The molecule has 2 N–H and O–H groups in total. The number of hydrogen-bond acceptors (Lipinski definition) is 7. The number of carbonyl (C=O) groups excluding carboxylic acids is 1. The van der Waals surface area contributed by atoms with E-state index in [4.69, 9.17) is 4.52 Å². The maximum absolute atomic E-state index is 13.2. The van der Waals surface area contributed by atoms with E-state index >= 15 is 0 Å². The molecule has 0 bridgehead atoms. The van der Waals surface area contributed by atoms with E-state index in [2.05, 4.69) is 15.5 Å². The molecule has 11 nitrogen and oxygen atoms in total. The van der Waals surface area contributed by atoms with Gasteiger partial charge < -0.3 is 19.5 Å².